The van der Waals surface area contributed by atoms with E-state index in [2.05, 4.69) is 107 Å². The summed E-state index contributed by atoms with van der Waals surface area (Å²) in [5.74, 6) is 1.65. The average Bonchev–Trinajstić information content (AvgIpc) is 3.75. The summed E-state index contributed by atoms with van der Waals surface area (Å²) >= 11 is 0. The van der Waals surface area contributed by atoms with Crippen molar-refractivity contribution in [2.45, 2.75) is 0 Å². The minimum Gasteiger partial charge on any atom is -0.455 e. The molecule has 10 rings (SSSR count). The average molecular weight is 642 g/mol. The largest absolute Gasteiger partial charge is 0.455 e. The molecule has 0 radical (unpaired) electrons. The van der Waals surface area contributed by atoms with Gasteiger partial charge in [-0.15, -0.1) is 0 Å². The van der Waals surface area contributed by atoms with Crippen LogP contribution in [-0.4, -0.2) is 24.5 Å². The van der Waals surface area contributed by atoms with E-state index in [1.165, 1.54) is 10.8 Å². The second kappa shape index (κ2) is 11.4. The van der Waals surface area contributed by atoms with Crippen molar-refractivity contribution >= 4 is 43.7 Å². The molecule has 0 spiro atoms. The maximum Gasteiger partial charge on any atom is 0.167 e. The van der Waals surface area contributed by atoms with Gasteiger partial charge in [0.1, 0.15) is 11.2 Å². The number of para-hydroxylation sites is 3. The van der Waals surface area contributed by atoms with Crippen LogP contribution in [0.3, 0.4) is 0 Å². The van der Waals surface area contributed by atoms with Gasteiger partial charge in [0.15, 0.2) is 17.5 Å². The molecule has 0 aliphatic heterocycles. The number of nitrogens with zero attached hydrogens (tertiary/aromatic N) is 5. The number of hydrogen-bond donors (Lipinski definition) is 0. The highest BCUT2D eigenvalue weighted by atomic mass is 16.3. The summed E-state index contributed by atoms with van der Waals surface area (Å²) in [5.41, 5.74) is 9.59. The standard InChI is InChI=1S/C44H27N5O/c1-3-12-28(13-4-1)29-14-9-15-30(26-29)42-46-43(31-16-11-25-45-27-31)48-44(47-42)36-21-10-20-35-39-38(50-41(35)36)24-23-34-33-19-7-8-22-37(33)49(40(34)39)32-17-5-2-6-18-32/h1-27H. The number of rotatable bonds is 5. The van der Waals surface area contributed by atoms with Gasteiger partial charge < -0.3 is 8.98 Å². The molecule has 0 atom stereocenters. The first-order valence-electron chi connectivity index (χ1n) is 16.6. The molecule has 0 unspecified atom stereocenters. The molecule has 0 amide bonds. The number of furan rings is 1. The molecule has 0 bridgehead atoms. The predicted molar refractivity (Wildman–Crippen MR) is 201 cm³/mol. The van der Waals surface area contributed by atoms with Crippen molar-refractivity contribution in [1.82, 2.24) is 24.5 Å². The topological polar surface area (TPSA) is 69.6 Å². The monoisotopic (exact) mass is 641 g/mol. The molecule has 50 heavy (non-hydrogen) atoms. The van der Waals surface area contributed by atoms with E-state index in [4.69, 9.17) is 19.4 Å². The van der Waals surface area contributed by atoms with Crippen molar-refractivity contribution in [1.29, 1.82) is 0 Å². The first-order valence-corrected chi connectivity index (χ1v) is 16.6. The van der Waals surface area contributed by atoms with Crippen LogP contribution >= 0.6 is 0 Å². The van der Waals surface area contributed by atoms with Crippen molar-refractivity contribution in [3.63, 3.8) is 0 Å². The maximum absolute atomic E-state index is 6.78. The van der Waals surface area contributed by atoms with E-state index in [1.54, 1.807) is 12.4 Å². The lowest BCUT2D eigenvalue weighted by Gasteiger charge is -2.10. The summed E-state index contributed by atoms with van der Waals surface area (Å²) in [6, 6.07) is 52.1. The number of hydrogen-bond acceptors (Lipinski definition) is 5. The number of benzene rings is 6. The highest BCUT2D eigenvalue weighted by Gasteiger charge is 2.22. The van der Waals surface area contributed by atoms with Gasteiger partial charge in [0, 0.05) is 45.4 Å². The third-order valence-corrected chi connectivity index (χ3v) is 9.33. The first-order chi connectivity index (χ1) is 24.8. The number of fused-ring (bicyclic) bond motifs is 7. The summed E-state index contributed by atoms with van der Waals surface area (Å²) in [6.45, 7) is 0. The minimum atomic E-state index is 0.531. The summed E-state index contributed by atoms with van der Waals surface area (Å²) in [5, 5.41) is 4.42. The van der Waals surface area contributed by atoms with E-state index in [1.807, 2.05) is 54.6 Å². The Labute approximate surface area is 287 Å². The lowest BCUT2D eigenvalue weighted by atomic mass is 10.0. The van der Waals surface area contributed by atoms with Gasteiger partial charge in [-0.25, -0.2) is 15.0 Å². The van der Waals surface area contributed by atoms with E-state index < -0.39 is 0 Å². The Kier molecular flexibility index (Phi) is 6.39. The molecule has 10 aromatic rings. The Morgan fingerprint density at radius 3 is 2.00 bits per heavy atom. The van der Waals surface area contributed by atoms with Crippen LogP contribution in [0.2, 0.25) is 0 Å². The van der Waals surface area contributed by atoms with E-state index in [0.717, 1.165) is 66.5 Å². The first kappa shape index (κ1) is 28.1. The van der Waals surface area contributed by atoms with Crippen LogP contribution in [0.5, 0.6) is 0 Å². The van der Waals surface area contributed by atoms with Crippen molar-refractivity contribution in [3.8, 4) is 51.0 Å². The summed E-state index contributed by atoms with van der Waals surface area (Å²) in [6.07, 6.45) is 3.53. The third kappa shape index (κ3) is 4.50. The molecule has 0 aliphatic rings. The third-order valence-electron chi connectivity index (χ3n) is 9.33. The predicted octanol–water partition coefficient (Wildman–Crippen LogP) is 10.9. The molecular weight excluding hydrogens is 615 g/mol. The Balaban J connectivity index is 1.23. The molecule has 0 saturated heterocycles. The van der Waals surface area contributed by atoms with Crippen LogP contribution in [0.1, 0.15) is 0 Å². The van der Waals surface area contributed by atoms with Crippen LogP contribution in [0.15, 0.2) is 168 Å². The van der Waals surface area contributed by atoms with Gasteiger partial charge in [0.2, 0.25) is 0 Å². The lowest BCUT2D eigenvalue weighted by Crippen LogP contribution is -2.00. The second-order valence-electron chi connectivity index (χ2n) is 12.3. The van der Waals surface area contributed by atoms with Crippen LogP contribution in [-0.2, 0) is 0 Å². The van der Waals surface area contributed by atoms with E-state index >= 15 is 0 Å². The molecule has 234 valence electrons. The fourth-order valence-electron chi connectivity index (χ4n) is 7.08. The van der Waals surface area contributed by atoms with Gasteiger partial charge in [-0.1, -0.05) is 97.1 Å². The van der Waals surface area contributed by atoms with Crippen LogP contribution in [0, 0.1) is 0 Å². The van der Waals surface area contributed by atoms with E-state index in [-0.39, 0.29) is 0 Å². The molecule has 4 aromatic heterocycles. The van der Waals surface area contributed by atoms with Gasteiger partial charge in [-0.2, -0.15) is 0 Å². The van der Waals surface area contributed by atoms with Crippen molar-refractivity contribution in [2.75, 3.05) is 0 Å². The van der Waals surface area contributed by atoms with Crippen molar-refractivity contribution < 1.29 is 4.42 Å². The molecule has 6 aromatic carbocycles. The minimum absolute atomic E-state index is 0.531. The highest BCUT2D eigenvalue weighted by Crippen LogP contribution is 2.43. The van der Waals surface area contributed by atoms with Crippen molar-refractivity contribution in [2.24, 2.45) is 0 Å². The Hall–Kier alpha value is -6.92. The molecule has 4 heterocycles. The Morgan fingerprint density at radius 2 is 1.16 bits per heavy atom. The van der Waals surface area contributed by atoms with Crippen LogP contribution in [0.4, 0.5) is 0 Å². The summed E-state index contributed by atoms with van der Waals surface area (Å²) in [4.78, 5) is 19.5. The van der Waals surface area contributed by atoms with Crippen molar-refractivity contribution in [3.05, 3.63) is 164 Å². The molecule has 0 fully saturated rings. The molecular formula is C44H27N5O. The van der Waals surface area contributed by atoms with Gasteiger partial charge in [0.25, 0.3) is 0 Å². The SMILES string of the molecule is c1ccc(-c2cccc(-c3nc(-c4cccnc4)nc(-c4cccc5c4oc4ccc6c7ccccc7n(-c7ccccc7)c6c45)n3)c2)cc1. The van der Waals surface area contributed by atoms with E-state index in [0.29, 0.717) is 17.5 Å². The molecule has 6 nitrogen and oxygen atoms in total. The molecule has 6 heteroatoms. The zero-order valence-electron chi connectivity index (χ0n) is 26.7. The second-order valence-corrected chi connectivity index (χ2v) is 12.3. The number of aromatic nitrogens is 5. The number of pyridine rings is 1. The highest BCUT2D eigenvalue weighted by molar-refractivity contribution is 6.25. The van der Waals surface area contributed by atoms with Gasteiger partial charge in [-0.3, -0.25) is 4.98 Å². The molecule has 0 aliphatic carbocycles. The normalized spacial score (nSPS) is 11.6. The van der Waals surface area contributed by atoms with Gasteiger partial charge in [0.05, 0.1) is 22.0 Å². The fraction of sp³-hybridized carbons (Fsp3) is 0. The van der Waals surface area contributed by atoms with E-state index in [9.17, 15) is 0 Å². The summed E-state index contributed by atoms with van der Waals surface area (Å²) < 4.78 is 9.12. The fourth-order valence-corrected chi connectivity index (χ4v) is 7.08. The quantitative estimate of drug-likeness (QED) is 0.187. The zero-order chi connectivity index (χ0) is 33.0. The lowest BCUT2D eigenvalue weighted by molar-refractivity contribution is 0.669. The Bertz CT molecular complexity index is 2860. The molecule has 0 saturated carbocycles. The summed E-state index contributed by atoms with van der Waals surface area (Å²) in [7, 11) is 0. The van der Waals surface area contributed by atoms with Crippen LogP contribution in [0.25, 0.3) is 94.7 Å². The Morgan fingerprint density at radius 1 is 0.480 bits per heavy atom. The smallest absolute Gasteiger partial charge is 0.167 e. The van der Waals surface area contributed by atoms with Crippen LogP contribution < -0.4 is 0 Å². The zero-order valence-corrected chi connectivity index (χ0v) is 26.7. The molecule has 0 N–H and O–H groups in total. The maximum atomic E-state index is 6.78. The van der Waals surface area contributed by atoms with Gasteiger partial charge >= 0.3 is 0 Å². The van der Waals surface area contributed by atoms with Gasteiger partial charge in [-0.05, 0) is 65.7 Å².